The maximum absolute atomic E-state index is 13.7. The molecule has 0 atom stereocenters. The van der Waals surface area contributed by atoms with E-state index >= 15 is 0 Å². The lowest BCUT2D eigenvalue weighted by Crippen LogP contribution is -2.24. The molecule has 1 heterocycles. The number of aromatic nitrogens is 1. The van der Waals surface area contributed by atoms with Crippen LogP contribution in [0.3, 0.4) is 0 Å². The standard InChI is InChI=1S/C15H10BrFN2OS/c16-9-4-3-5-10(17)14(9)15(20)18-8-13-19-11-6-1-2-7-12(11)21-13/h1-7H,8H2,(H,18,20). The summed E-state index contributed by atoms with van der Waals surface area (Å²) >= 11 is 4.70. The number of nitrogens with zero attached hydrogens (tertiary/aromatic N) is 1. The lowest BCUT2D eigenvalue weighted by molar-refractivity contribution is 0.0946. The Morgan fingerprint density at radius 1 is 1.24 bits per heavy atom. The van der Waals surface area contributed by atoms with Crippen LogP contribution in [0.15, 0.2) is 46.9 Å². The van der Waals surface area contributed by atoms with Crippen molar-refractivity contribution in [3.05, 3.63) is 63.3 Å². The summed E-state index contributed by atoms with van der Waals surface area (Å²) in [7, 11) is 0. The molecule has 3 rings (SSSR count). The molecule has 0 bridgehead atoms. The van der Waals surface area contributed by atoms with Crippen LogP contribution in [0.25, 0.3) is 10.2 Å². The average Bonchev–Trinajstić information content (AvgIpc) is 2.87. The summed E-state index contributed by atoms with van der Waals surface area (Å²) in [5.41, 5.74) is 0.914. The molecule has 2 aromatic carbocycles. The average molecular weight is 365 g/mol. The number of halogens is 2. The van der Waals surface area contributed by atoms with E-state index in [0.29, 0.717) is 4.47 Å². The third-order valence-electron chi connectivity index (χ3n) is 2.93. The van der Waals surface area contributed by atoms with E-state index in [1.165, 1.54) is 17.4 Å². The highest BCUT2D eigenvalue weighted by molar-refractivity contribution is 9.10. The number of thiazole rings is 1. The van der Waals surface area contributed by atoms with Gasteiger partial charge in [0.2, 0.25) is 0 Å². The van der Waals surface area contributed by atoms with Gasteiger partial charge in [-0.3, -0.25) is 4.79 Å². The van der Waals surface area contributed by atoms with Crippen molar-refractivity contribution in [1.82, 2.24) is 10.3 Å². The molecule has 0 aliphatic carbocycles. The van der Waals surface area contributed by atoms with Crippen molar-refractivity contribution in [3.63, 3.8) is 0 Å². The molecule has 6 heteroatoms. The molecule has 1 N–H and O–H groups in total. The monoisotopic (exact) mass is 364 g/mol. The van der Waals surface area contributed by atoms with Crippen LogP contribution in [0.2, 0.25) is 0 Å². The molecule has 0 spiro atoms. The Bertz CT molecular complexity index is 765. The van der Waals surface area contributed by atoms with E-state index in [1.807, 2.05) is 24.3 Å². The van der Waals surface area contributed by atoms with E-state index in [0.717, 1.165) is 15.2 Å². The van der Waals surface area contributed by atoms with Crippen LogP contribution in [-0.4, -0.2) is 10.9 Å². The largest absolute Gasteiger partial charge is 0.345 e. The van der Waals surface area contributed by atoms with Gasteiger partial charge in [0.1, 0.15) is 10.8 Å². The molecule has 21 heavy (non-hydrogen) atoms. The Morgan fingerprint density at radius 2 is 2.05 bits per heavy atom. The SMILES string of the molecule is O=C(NCc1nc2ccccc2s1)c1c(F)cccc1Br. The Kier molecular flexibility index (Phi) is 3.98. The fraction of sp³-hybridized carbons (Fsp3) is 0.0667. The summed E-state index contributed by atoms with van der Waals surface area (Å²) in [6, 6.07) is 12.2. The van der Waals surface area contributed by atoms with Gasteiger partial charge in [0, 0.05) is 4.47 Å². The zero-order chi connectivity index (χ0) is 14.8. The normalized spacial score (nSPS) is 10.8. The lowest BCUT2D eigenvalue weighted by atomic mass is 10.2. The Labute approximate surface area is 133 Å². The topological polar surface area (TPSA) is 42.0 Å². The van der Waals surface area contributed by atoms with E-state index in [-0.39, 0.29) is 12.1 Å². The van der Waals surface area contributed by atoms with Crippen molar-refractivity contribution < 1.29 is 9.18 Å². The molecule has 1 amide bonds. The second-order valence-electron chi connectivity index (χ2n) is 4.35. The maximum Gasteiger partial charge on any atom is 0.255 e. The third kappa shape index (κ3) is 2.96. The number of rotatable bonds is 3. The molecular weight excluding hydrogens is 355 g/mol. The smallest absolute Gasteiger partial charge is 0.255 e. The summed E-state index contributed by atoms with van der Waals surface area (Å²) in [6.45, 7) is 0.277. The third-order valence-corrected chi connectivity index (χ3v) is 4.63. The molecule has 0 saturated heterocycles. The predicted molar refractivity (Wildman–Crippen MR) is 84.9 cm³/mol. The van der Waals surface area contributed by atoms with E-state index < -0.39 is 11.7 Å². The van der Waals surface area contributed by atoms with E-state index in [1.54, 1.807) is 12.1 Å². The number of para-hydroxylation sites is 1. The molecule has 0 radical (unpaired) electrons. The van der Waals surface area contributed by atoms with Gasteiger partial charge in [-0.05, 0) is 40.2 Å². The van der Waals surface area contributed by atoms with Gasteiger partial charge in [-0.1, -0.05) is 18.2 Å². The van der Waals surface area contributed by atoms with Gasteiger partial charge in [-0.15, -0.1) is 11.3 Å². The van der Waals surface area contributed by atoms with Crippen LogP contribution in [0, 0.1) is 5.82 Å². The van der Waals surface area contributed by atoms with Gasteiger partial charge in [0.15, 0.2) is 0 Å². The Balaban J connectivity index is 1.76. The van der Waals surface area contributed by atoms with Crippen molar-refractivity contribution in [2.45, 2.75) is 6.54 Å². The first kappa shape index (κ1) is 14.2. The van der Waals surface area contributed by atoms with E-state index in [2.05, 4.69) is 26.2 Å². The van der Waals surface area contributed by atoms with Crippen LogP contribution in [0.5, 0.6) is 0 Å². The first-order chi connectivity index (χ1) is 10.1. The molecule has 0 fully saturated rings. The van der Waals surface area contributed by atoms with Crippen LogP contribution < -0.4 is 5.32 Å². The summed E-state index contributed by atoms with van der Waals surface area (Å²) in [5.74, 6) is -1.01. The highest BCUT2D eigenvalue weighted by Crippen LogP contribution is 2.22. The number of fused-ring (bicyclic) bond motifs is 1. The van der Waals surface area contributed by atoms with E-state index in [9.17, 15) is 9.18 Å². The number of nitrogens with one attached hydrogen (secondary N) is 1. The van der Waals surface area contributed by atoms with Gasteiger partial charge < -0.3 is 5.32 Å². The lowest BCUT2D eigenvalue weighted by Gasteiger charge is -2.06. The highest BCUT2D eigenvalue weighted by Gasteiger charge is 2.15. The number of amides is 1. The van der Waals surface area contributed by atoms with Gasteiger partial charge in [-0.25, -0.2) is 9.37 Å². The van der Waals surface area contributed by atoms with Gasteiger partial charge in [0.05, 0.1) is 22.3 Å². The number of benzene rings is 2. The summed E-state index contributed by atoms with van der Waals surface area (Å²) in [5, 5.41) is 3.49. The van der Waals surface area contributed by atoms with Crippen molar-refractivity contribution in [1.29, 1.82) is 0 Å². The van der Waals surface area contributed by atoms with Crippen LogP contribution in [-0.2, 0) is 6.54 Å². The molecule has 0 aliphatic rings. The molecule has 0 aliphatic heterocycles. The van der Waals surface area contributed by atoms with Crippen LogP contribution in [0.1, 0.15) is 15.4 Å². The van der Waals surface area contributed by atoms with Crippen molar-refractivity contribution in [2.24, 2.45) is 0 Å². The zero-order valence-corrected chi connectivity index (χ0v) is 13.2. The minimum atomic E-state index is -0.550. The molecule has 0 unspecified atom stereocenters. The molecule has 106 valence electrons. The number of hydrogen-bond acceptors (Lipinski definition) is 3. The van der Waals surface area contributed by atoms with Gasteiger partial charge >= 0.3 is 0 Å². The van der Waals surface area contributed by atoms with Crippen LogP contribution in [0.4, 0.5) is 4.39 Å². The molecule has 1 aromatic heterocycles. The minimum Gasteiger partial charge on any atom is -0.345 e. The summed E-state index contributed by atoms with van der Waals surface area (Å²) in [4.78, 5) is 16.5. The quantitative estimate of drug-likeness (QED) is 0.759. The maximum atomic E-state index is 13.7. The van der Waals surface area contributed by atoms with E-state index in [4.69, 9.17) is 0 Å². The first-order valence-electron chi connectivity index (χ1n) is 6.22. The second kappa shape index (κ2) is 5.91. The minimum absolute atomic E-state index is 0.0126. The van der Waals surface area contributed by atoms with Gasteiger partial charge in [0.25, 0.3) is 5.91 Å². The van der Waals surface area contributed by atoms with Crippen molar-refractivity contribution in [3.8, 4) is 0 Å². The Hall–Kier alpha value is -1.79. The molecule has 0 saturated carbocycles. The fourth-order valence-electron chi connectivity index (χ4n) is 1.95. The zero-order valence-electron chi connectivity index (χ0n) is 10.8. The number of carbonyl (C=O) groups is 1. The Morgan fingerprint density at radius 3 is 2.81 bits per heavy atom. The van der Waals surface area contributed by atoms with Crippen LogP contribution >= 0.6 is 27.3 Å². The fourth-order valence-corrected chi connectivity index (χ4v) is 3.38. The van der Waals surface area contributed by atoms with Crippen molar-refractivity contribution >= 4 is 43.4 Å². The second-order valence-corrected chi connectivity index (χ2v) is 6.32. The first-order valence-corrected chi connectivity index (χ1v) is 7.83. The van der Waals surface area contributed by atoms with Crippen molar-refractivity contribution in [2.75, 3.05) is 0 Å². The summed E-state index contributed by atoms with van der Waals surface area (Å²) < 4.78 is 15.2. The summed E-state index contributed by atoms with van der Waals surface area (Å²) in [6.07, 6.45) is 0. The molecular formula is C15H10BrFN2OS. The predicted octanol–water partition coefficient (Wildman–Crippen LogP) is 4.13. The number of carbonyl (C=O) groups excluding carboxylic acids is 1. The molecule has 3 aromatic rings. The highest BCUT2D eigenvalue weighted by atomic mass is 79.9. The number of hydrogen-bond donors (Lipinski definition) is 1. The van der Waals surface area contributed by atoms with Gasteiger partial charge in [-0.2, -0.15) is 0 Å². The molecule has 3 nitrogen and oxygen atoms in total.